The number of carbonyl (C=O) groups excluding carboxylic acids is 1. The van der Waals surface area contributed by atoms with Crippen molar-refractivity contribution in [3.63, 3.8) is 0 Å². The van der Waals surface area contributed by atoms with Crippen LogP contribution in [0.3, 0.4) is 0 Å². The van der Waals surface area contributed by atoms with Crippen molar-refractivity contribution < 1.29 is 9.21 Å². The summed E-state index contributed by atoms with van der Waals surface area (Å²) in [4.78, 5) is 12.2. The molecule has 8 heteroatoms. The van der Waals surface area contributed by atoms with Crippen LogP contribution in [-0.2, 0) is 13.1 Å². The number of amides is 1. The molecule has 0 aliphatic rings. The van der Waals surface area contributed by atoms with E-state index in [-0.39, 0.29) is 5.91 Å². The molecular weight excluding hydrogens is 354 g/mol. The van der Waals surface area contributed by atoms with Crippen LogP contribution in [0.1, 0.15) is 39.8 Å². The molecule has 1 N–H and O–H groups in total. The second-order valence-corrected chi connectivity index (χ2v) is 6.59. The van der Waals surface area contributed by atoms with E-state index in [1.54, 1.807) is 23.0 Å². The topological polar surface area (TPSA) is 77.9 Å². The molecule has 7 nitrogen and oxygen atoms in total. The zero-order chi connectivity index (χ0) is 18.7. The highest BCUT2D eigenvalue weighted by molar-refractivity contribution is 6.31. The Balaban J connectivity index is 1.51. The predicted octanol–water partition coefficient (Wildman–Crippen LogP) is 3.12. The lowest BCUT2D eigenvalue weighted by Crippen LogP contribution is -2.25. The molecule has 138 valence electrons. The van der Waals surface area contributed by atoms with Gasteiger partial charge >= 0.3 is 0 Å². The lowest BCUT2D eigenvalue weighted by Gasteiger charge is -2.05. The van der Waals surface area contributed by atoms with Crippen molar-refractivity contribution in [1.29, 1.82) is 0 Å². The third-order valence-electron chi connectivity index (χ3n) is 4.25. The smallest absolute Gasteiger partial charge is 0.286 e. The van der Waals surface area contributed by atoms with Crippen molar-refractivity contribution in [3.05, 3.63) is 58.0 Å². The molecule has 0 saturated heterocycles. The second-order valence-electron chi connectivity index (χ2n) is 6.21. The van der Waals surface area contributed by atoms with E-state index in [4.69, 9.17) is 16.0 Å². The Kier molecular flexibility index (Phi) is 5.46. The van der Waals surface area contributed by atoms with Gasteiger partial charge in [-0.15, -0.1) is 0 Å². The van der Waals surface area contributed by atoms with Crippen LogP contribution in [0.4, 0.5) is 0 Å². The molecule has 0 spiro atoms. The van der Waals surface area contributed by atoms with Gasteiger partial charge in [-0.05, 0) is 45.4 Å². The molecule has 0 bridgehead atoms. The predicted molar refractivity (Wildman–Crippen MR) is 98.4 cm³/mol. The van der Waals surface area contributed by atoms with Gasteiger partial charge in [0.15, 0.2) is 5.76 Å². The van der Waals surface area contributed by atoms with Gasteiger partial charge in [0.2, 0.25) is 0 Å². The van der Waals surface area contributed by atoms with E-state index >= 15 is 0 Å². The van der Waals surface area contributed by atoms with E-state index in [1.165, 1.54) is 0 Å². The van der Waals surface area contributed by atoms with E-state index in [2.05, 4.69) is 15.5 Å². The first-order valence-corrected chi connectivity index (χ1v) is 8.88. The van der Waals surface area contributed by atoms with E-state index in [1.807, 2.05) is 31.5 Å². The lowest BCUT2D eigenvalue weighted by atomic mass is 10.3. The van der Waals surface area contributed by atoms with Crippen LogP contribution < -0.4 is 5.32 Å². The Morgan fingerprint density at radius 1 is 1.23 bits per heavy atom. The molecule has 3 heterocycles. The fourth-order valence-corrected chi connectivity index (χ4v) is 2.85. The van der Waals surface area contributed by atoms with E-state index < -0.39 is 0 Å². The zero-order valence-corrected chi connectivity index (χ0v) is 15.9. The van der Waals surface area contributed by atoms with Gasteiger partial charge < -0.3 is 9.73 Å². The Bertz CT molecular complexity index is 909. The summed E-state index contributed by atoms with van der Waals surface area (Å²) >= 11 is 6.15. The van der Waals surface area contributed by atoms with Crippen LogP contribution in [0.25, 0.3) is 0 Å². The van der Waals surface area contributed by atoms with Crippen LogP contribution in [0.15, 0.2) is 28.8 Å². The molecule has 26 heavy (non-hydrogen) atoms. The highest BCUT2D eigenvalue weighted by atomic mass is 35.5. The summed E-state index contributed by atoms with van der Waals surface area (Å²) in [5, 5.41) is 12.1. The lowest BCUT2D eigenvalue weighted by molar-refractivity contribution is 0.0923. The summed E-state index contributed by atoms with van der Waals surface area (Å²) in [6.07, 6.45) is 2.57. The number of nitrogens with one attached hydrogen (secondary N) is 1. The van der Waals surface area contributed by atoms with Crippen LogP contribution >= 0.6 is 11.6 Å². The molecule has 1 amide bonds. The highest BCUT2D eigenvalue weighted by Crippen LogP contribution is 2.20. The number of furan rings is 1. The van der Waals surface area contributed by atoms with Crippen LogP contribution in [0.2, 0.25) is 5.02 Å². The van der Waals surface area contributed by atoms with Crippen molar-refractivity contribution in [1.82, 2.24) is 24.9 Å². The molecular formula is C18H22ClN5O2. The number of nitrogens with zero attached hydrogens (tertiary/aromatic N) is 4. The molecule has 0 aromatic carbocycles. The SMILES string of the molecule is Cc1nn(Cc2ccc(C(=O)NCCCn3nccc3C)o2)c(C)c1Cl. The van der Waals surface area contributed by atoms with Gasteiger partial charge in [0.1, 0.15) is 5.76 Å². The van der Waals surface area contributed by atoms with Gasteiger partial charge in [-0.1, -0.05) is 11.6 Å². The quantitative estimate of drug-likeness (QED) is 0.643. The average molecular weight is 376 g/mol. The van der Waals surface area contributed by atoms with Gasteiger partial charge in [-0.3, -0.25) is 14.2 Å². The Hall–Kier alpha value is -2.54. The van der Waals surface area contributed by atoms with Gasteiger partial charge in [0, 0.05) is 25.0 Å². The third kappa shape index (κ3) is 3.99. The summed E-state index contributed by atoms with van der Waals surface area (Å²) in [5.74, 6) is 0.729. The molecule has 0 aliphatic carbocycles. The first-order chi connectivity index (χ1) is 12.5. The molecule has 0 fully saturated rings. The maximum absolute atomic E-state index is 12.2. The molecule has 0 aliphatic heterocycles. The maximum Gasteiger partial charge on any atom is 0.286 e. The summed E-state index contributed by atoms with van der Waals surface area (Å²) in [7, 11) is 0. The van der Waals surface area contributed by atoms with E-state index in [0.717, 1.165) is 30.0 Å². The monoisotopic (exact) mass is 375 g/mol. The fraction of sp³-hybridized carbons (Fsp3) is 0.389. The average Bonchev–Trinajstić information content (AvgIpc) is 3.30. The number of rotatable bonds is 7. The second kappa shape index (κ2) is 7.78. The Morgan fingerprint density at radius 3 is 2.69 bits per heavy atom. The fourth-order valence-electron chi connectivity index (χ4n) is 2.71. The number of aromatic nitrogens is 4. The van der Waals surface area contributed by atoms with Gasteiger partial charge in [0.05, 0.1) is 23.0 Å². The van der Waals surface area contributed by atoms with Crippen molar-refractivity contribution in [2.24, 2.45) is 0 Å². The zero-order valence-electron chi connectivity index (χ0n) is 15.1. The minimum atomic E-state index is -0.222. The van der Waals surface area contributed by atoms with Crippen molar-refractivity contribution in [2.45, 2.75) is 40.3 Å². The minimum Gasteiger partial charge on any atom is -0.454 e. The number of carbonyl (C=O) groups is 1. The number of hydrogen-bond acceptors (Lipinski definition) is 4. The number of aryl methyl sites for hydroxylation is 3. The molecule has 3 aromatic rings. The largest absolute Gasteiger partial charge is 0.454 e. The number of hydrogen-bond donors (Lipinski definition) is 1. The Labute approximate surface area is 156 Å². The third-order valence-corrected chi connectivity index (χ3v) is 4.79. The summed E-state index contributed by atoms with van der Waals surface area (Å²) < 4.78 is 9.32. The van der Waals surface area contributed by atoms with Crippen molar-refractivity contribution in [3.8, 4) is 0 Å². The molecule has 0 atom stereocenters. The minimum absolute atomic E-state index is 0.222. The molecule has 0 saturated carbocycles. The van der Waals surface area contributed by atoms with Gasteiger partial charge in [-0.2, -0.15) is 10.2 Å². The van der Waals surface area contributed by atoms with Gasteiger partial charge in [0.25, 0.3) is 5.91 Å². The van der Waals surface area contributed by atoms with E-state index in [0.29, 0.717) is 29.6 Å². The Morgan fingerprint density at radius 2 is 2.04 bits per heavy atom. The molecule has 3 rings (SSSR count). The summed E-state index contributed by atoms with van der Waals surface area (Å²) in [6.45, 7) is 7.53. The molecule has 0 unspecified atom stereocenters. The summed E-state index contributed by atoms with van der Waals surface area (Å²) in [5.41, 5.74) is 2.76. The van der Waals surface area contributed by atoms with Crippen molar-refractivity contribution >= 4 is 17.5 Å². The van der Waals surface area contributed by atoms with E-state index in [9.17, 15) is 4.79 Å². The standard InChI is InChI=1S/C18H22ClN5O2/c1-12-7-9-21-23(12)10-4-8-20-18(25)16-6-5-15(26-16)11-24-14(3)17(19)13(2)22-24/h5-7,9H,4,8,10-11H2,1-3H3,(H,20,25). The van der Waals surface area contributed by atoms with Gasteiger partial charge in [-0.25, -0.2) is 0 Å². The van der Waals surface area contributed by atoms with Crippen LogP contribution in [0, 0.1) is 20.8 Å². The first kappa shape index (κ1) is 18.3. The highest BCUT2D eigenvalue weighted by Gasteiger charge is 2.14. The van der Waals surface area contributed by atoms with Crippen LogP contribution in [-0.4, -0.2) is 32.0 Å². The van der Waals surface area contributed by atoms with Crippen LogP contribution in [0.5, 0.6) is 0 Å². The number of halogens is 1. The van der Waals surface area contributed by atoms with Crippen molar-refractivity contribution in [2.75, 3.05) is 6.54 Å². The summed E-state index contributed by atoms with van der Waals surface area (Å²) in [6, 6.07) is 5.42. The maximum atomic E-state index is 12.2. The first-order valence-electron chi connectivity index (χ1n) is 8.50. The normalized spacial score (nSPS) is 11.1. The molecule has 0 radical (unpaired) electrons. The molecule has 3 aromatic heterocycles.